The molecule has 4 rings (SSSR count). The summed E-state index contributed by atoms with van der Waals surface area (Å²) in [6.45, 7) is 0. The summed E-state index contributed by atoms with van der Waals surface area (Å²) in [7, 11) is -3.61. The number of nitrogens with one attached hydrogen (secondary N) is 1. The van der Waals surface area contributed by atoms with Gasteiger partial charge in [0.2, 0.25) is 0 Å². The highest BCUT2D eigenvalue weighted by atomic mass is 35.5. The molecule has 34 heavy (non-hydrogen) atoms. The van der Waals surface area contributed by atoms with E-state index in [0.29, 0.717) is 22.0 Å². The Hall–Kier alpha value is -3.26. The Labute approximate surface area is 206 Å². The highest BCUT2D eigenvalue weighted by Crippen LogP contribution is 2.33. The maximum absolute atomic E-state index is 14.7. The van der Waals surface area contributed by atoms with Gasteiger partial charge in [-0.2, -0.15) is 0 Å². The van der Waals surface area contributed by atoms with Gasteiger partial charge in [-0.1, -0.05) is 29.3 Å². The number of hydrogen-bond acceptors (Lipinski definition) is 4. The molecule has 0 aliphatic rings. The van der Waals surface area contributed by atoms with Gasteiger partial charge in [0.25, 0.3) is 5.91 Å². The molecule has 0 spiro atoms. The van der Waals surface area contributed by atoms with Crippen LogP contribution in [0, 0.1) is 5.82 Å². The molecule has 0 bridgehead atoms. The summed E-state index contributed by atoms with van der Waals surface area (Å²) < 4.78 is 38.9. The quantitative estimate of drug-likeness (QED) is 0.329. The van der Waals surface area contributed by atoms with E-state index >= 15 is 0 Å². The molecule has 1 amide bonds. The predicted octanol–water partition coefficient (Wildman–Crippen LogP) is 6.52. The van der Waals surface area contributed by atoms with Crippen LogP contribution in [0.2, 0.25) is 10.0 Å². The molecule has 172 valence electrons. The fourth-order valence-electron chi connectivity index (χ4n) is 3.40. The maximum Gasteiger partial charge on any atom is 0.256 e. The third-order valence-electron chi connectivity index (χ3n) is 5.05. The maximum atomic E-state index is 14.7. The smallest absolute Gasteiger partial charge is 0.256 e. The Morgan fingerprint density at radius 2 is 1.71 bits per heavy atom. The zero-order valence-corrected chi connectivity index (χ0v) is 20.0. The monoisotopic (exact) mass is 514 g/mol. The minimum atomic E-state index is -3.61. The van der Waals surface area contributed by atoms with E-state index in [2.05, 4.69) is 10.3 Å². The number of rotatable bonds is 5. The number of carbonyl (C=O) groups is 1. The average Bonchev–Trinajstić information content (AvgIpc) is 2.81. The number of anilines is 1. The fraction of sp³-hybridized carbons (Fsp3) is 0.0400. The minimum absolute atomic E-state index is 0.00781. The molecule has 0 unspecified atom stereocenters. The number of benzene rings is 3. The Morgan fingerprint density at radius 3 is 2.41 bits per heavy atom. The highest BCUT2D eigenvalue weighted by Gasteiger charge is 2.20. The lowest BCUT2D eigenvalue weighted by Gasteiger charge is -2.14. The van der Waals surface area contributed by atoms with Crippen LogP contribution in [0.3, 0.4) is 0 Å². The van der Waals surface area contributed by atoms with E-state index < -0.39 is 21.6 Å². The summed E-state index contributed by atoms with van der Waals surface area (Å²) in [5, 5.41) is 3.46. The molecule has 1 aromatic heterocycles. The number of sulfone groups is 1. The fourth-order valence-corrected chi connectivity index (χ4v) is 4.43. The van der Waals surface area contributed by atoms with Crippen molar-refractivity contribution in [3.05, 3.63) is 100 Å². The van der Waals surface area contributed by atoms with E-state index in [0.717, 1.165) is 12.3 Å². The van der Waals surface area contributed by atoms with Crippen molar-refractivity contribution in [2.45, 2.75) is 4.90 Å². The summed E-state index contributed by atoms with van der Waals surface area (Å²) in [6, 6.07) is 18.1. The van der Waals surface area contributed by atoms with Gasteiger partial charge in [0.1, 0.15) is 5.82 Å². The van der Waals surface area contributed by atoms with Crippen LogP contribution in [0.1, 0.15) is 10.4 Å². The van der Waals surface area contributed by atoms with E-state index in [-0.39, 0.29) is 26.6 Å². The van der Waals surface area contributed by atoms with Gasteiger partial charge in [-0.25, -0.2) is 12.8 Å². The van der Waals surface area contributed by atoms with Gasteiger partial charge in [-0.05, 0) is 72.3 Å². The van der Waals surface area contributed by atoms with Gasteiger partial charge < -0.3 is 5.32 Å². The number of carbonyl (C=O) groups excluding carboxylic acids is 1. The van der Waals surface area contributed by atoms with Crippen molar-refractivity contribution in [2.24, 2.45) is 0 Å². The Bertz CT molecular complexity index is 1510. The van der Waals surface area contributed by atoms with Crippen molar-refractivity contribution in [2.75, 3.05) is 11.6 Å². The molecule has 4 aromatic rings. The van der Waals surface area contributed by atoms with Gasteiger partial charge in [0.05, 0.1) is 15.6 Å². The number of pyridine rings is 1. The first-order valence-electron chi connectivity index (χ1n) is 9.95. The van der Waals surface area contributed by atoms with Gasteiger partial charge in [-0.15, -0.1) is 0 Å². The molecule has 1 N–H and O–H groups in total. The summed E-state index contributed by atoms with van der Waals surface area (Å²) in [6.07, 6.45) is 2.67. The van der Waals surface area contributed by atoms with Crippen LogP contribution in [0.4, 0.5) is 10.1 Å². The zero-order chi connectivity index (χ0) is 24.5. The minimum Gasteiger partial charge on any atom is -0.322 e. The lowest BCUT2D eigenvalue weighted by atomic mass is 9.98. The number of hydrogen-bond donors (Lipinski definition) is 1. The Kier molecular flexibility index (Phi) is 6.70. The largest absolute Gasteiger partial charge is 0.322 e. The van der Waals surface area contributed by atoms with E-state index in [1.165, 1.54) is 30.3 Å². The number of aromatic nitrogens is 1. The molecule has 9 heteroatoms. The number of amides is 1. The molecule has 0 atom stereocenters. The van der Waals surface area contributed by atoms with E-state index in [4.69, 9.17) is 23.2 Å². The molecule has 0 saturated carbocycles. The molecule has 0 saturated heterocycles. The Morgan fingerprint density at radius 1 is 0.912 bits per heavy atom. The summed E-state index contributed by atoms with van der Waals surface area (Å²) >= 11 is 12.4. The van der Waals surface area contributed by atoms with E-state index in [1.54, 1.807) is 36.5 Å². The van der Waals surface area contributed by atoms with Crippen molar-refractivity contribution >= 4 is 44.6 Å². The molecule has 0 aliphatic heterocycles. The molecule has 3 aromatic carbocycles. The van der Waals surface area contributed by atoms with E-state index in [1.807, 2.05) is 6.07 Å². The van der Waals surface area contributed by atoms with Crippen molar-refractivity contribution in [3.63, 3.8) is 0 Å². The van der Waals surface area contributed by atoms with Crippen molar-refractivity contribution in [1.29, 1.82) is 0 Å². The molecule has 0 aliphatic carbocycles. The summed E-state index contributed by atoms with van der Waals surface area (Å²) in [4.78, 5) is 17.5. The number of halogens is 3. The average molecular weight is 515 g/mol. The predicted molar refractivity (Wildman–Crippen MR) is 133 cm³/mol. The van der Waals surface area contributed by atoms with Crippen LogP contribution in [-0.2, 0) is 9.84 Å². The molecule has 0 fully saturated rings. The molecular weight excluding hydrogens is 498 g/mol. The van der Waals surface area contributed by atoms with Crippen LogP contribution in [0.5, 0.6) is 0 Å². The van der Waals surface area contributed by atoms with Crippen LogP contribution in [-0.4, -0.2) is 25.6 Å². The highest BCUT2D eigenvalue weighted by molar-refractivity contribution is 7.90. The second kappa shape index (κ2) is 9.54. The standard InChI is InChI=1S/C25H17Cl2FN2O3S/c1-34(32,33)17-7-8-18(19(14-17)20-12-15(26)5-10-23(20)28)25(31)30-16-6-9-22(27)21(13-16)24-4-2-3-11-29-24/h2-14H,1H3,(H,30,31). The van der Waals surface area contributed by atoms with Crippen LogP contribution in [0.15, 0.2) is 83.9 Å². The van der Waals surface area contributed by atoms with Gasteiger partial charge in [0, 0.05) is 39.9 Å². The first-order chi connectivity index (χ1) is 16.1. The molecule has 0 radical (unpaired) electrons. The van der Waals surface area contributed by atoms with Gasteiger partial charge >= 0.3 is 0 Å². The molecular formula is C25H17Cl2FN2O3S. The van der Waals surface area contributed by atoms with Crippen molar-refractivity contribution in [1.82, 2.24) is 4.98 Å². The molecule has 5 nitrogen and oxygen atoms in total. The SMILES string of the molecule is CS(=O)(=O)c1ccc(C(=O)Nc2ccc(Cl)c(-c3ccccn3)c2)c(-c2cc(Cl)ccc2F)c1. The van der Waals surface area contributed by atoms with Crippen LogP contribution < -0.4 is 5.32 Å². The summed E-state index contributed by atoms with van der Waals surface area (Å²) in [5.41, 5.74) is 1.85. The topological polar surface area (TPSA) is 76.1 Å². The Balaban J connectivity index is 1.78. The molecule has 1 heterocycles. The lowest BCUT2D eigenvalue weighted by molar-refractivity contribution is 0.102. The van der Waals surface area contributed by atoms with E-state index in [9.17, 15) is 17.6 Å². The second-order valence-corrected chi connectivity index (χ2v) is 10.3. The van der Waals surface area contributed by atoms with Crippen LogP contribution >= 0.6 is 23.2 Å². The lowest BCUT2D eigenvalue weighted by Crippen LogP contribution is -2.14. The number of nitrogens with zero attached hydrogens (tertiary/aromatic N) is 1. The zero-order valence-electron chi connectivity index (χ0n) is 17.7. The van der Waals surface area contributed by atoms with Gasteiger partial charge in [-0.3, -0.25) is 9.78 Å². The van der Waals surface area contributed by atoms with Gasteiger partial charge in [0.15, 0.2) is 9.84 Å². The van der Waals surface area contributed by atoms with Crippen LogP contribution in [0.25, 0.3) is 22.4 Å². The van der Waals surface area contributed by atoms with Crippen molar-refractivity contribution < 1.29 is 17.6 Å². The normalized spacial score (nSPS) is 11.3. The third kappa shape index (κ3) is 5.12. The van der Waals surface area contributed by atoms with Crippen molar-refractivity contribution in [3.8, 4) is 22.4 Å². The first kappa shape index (κ1) is 23.9. The first-order valence-corrected chi connectivity index (χ1v) is 12.6. The third-order valence-corrected chi connectivity index (χ3v) is 6.72. The summed E-state index contributed by atoms with van der Waals surface area (Å²) in [5.74, 6) is -1.21. The second-order valence-electron chi connectivity index (χ2n) is 7.47.